The van der Waals surface area contributed by atoms with Gasteiger partial charge in [-0.15, -0.1) is 0 Å². The summed E-state index contributed by atoms with van der Waals surface area (Å²) in [5.41, 5.74) is 2.46. The van der Waals surface area contributed by atoms with E-state index in [0.29, 0.717) is 22.4 Å². The lowest BCUT2D eigenvalue weighted by Crippen LogP contribution is -2.03. The van der Waals surface area contributed by atoms with Gasteiger partial charge in [0.25, 0.3) is 0 Å². The van der Waals surface area contributed by atoms with Gasteiger partial charge in [-0.2, -0.15) is 0 Å². The van der Waals surface area contributed by atoms with Gasteiger partial charge in [-0.1, -0.05) is 6.07 Å². The summed E-state index contributed by atoms with van der Waals surface area (Å²) >= 11 is 0. The fraction of sp³-hybridized carbons (Fsp3) is 0.118. The van der Waals surface area contributed by atoms with Gasteiger partial charge in [-0.05, 0) is 42.8 Å². The van der Waals surface area contributed by atoms with Gasteiger partial charge in [-0.25, -0.2) is 4.39 Å². The van der Waals surface area contributed by atoms with E-state index in [0.717, 1.165) is 10.9 Å². The van der Waals surface area contributed by atoms with Crippen molar-refractivity contribution in [2.45, 2.75) is 6.92 Å². The fourth-order valence-corrected chi connectivity index (χ4v) is 2.53. The third-order valence-corrected chi connectivity index (χ3v) is 3.57. The molecule has 3 aromatic rings. The second-order valence-electron chi connectivity index (χ2n) is 4.87. The number of ketones is 1. The molecule has 0 aliphatic carbocycles. The van der Waals surface area contributed by atoms with Crippen molar-refractivity contribution < 1.29 is 13.9 Å². The highest BCUT2D eigenvalue weighted by Gasteiger charge is 2.18. The summed E-state index contributed by atoms with van der Waals surface area (Å²) in [6.07, 6.45) is 1.66. The van der Waals surface area contributed by atoms with E-state index in [2.05, 4.69) is 4.98 Å². The highest BCUT2D eigenvalue weighted by atomic mass is 19.1. The maximum absolute atomic E-state index is 13.2. The van der Waals surface area contributed by atoms with Crippen molar-refractivity contribution in [1.82, 2.24) is 4.98 Å². The number of hydrogen-bond donors (Lipinski definition) is 1. The molecular formula is C17H14FNO2. The summed E-state index contributed by atoms with van der Waals surface area (Å²) in [6.45, 7) is 1.72. The highest BCUT2D eigenvalue weighted by molar-refractivity contribution is 6.18. The Bertz CT molecular complexity index is 836. The molecule has 1 heterocycles. The predicted molar refractivity (Wildman–Crippen MR) is 79.4 cm³/mol. The molecule has 0 unspecified atom stereocenters. The lowest BCUT2D eigenvalue weighted by Gasteiger charge is -2.06. The first-order valence-corrected chi connectivity index (χ1v) is 6.56. The number of carbonyl (C=O) groups excluding carboxylic acids is 1. The van der Waals surface area contributed by atoms with Crippen molar-refractivity contribution in [1.29, 1.82) is 0 Å². The van der Waals surface area contributed by atoms with Crippen LogP contribution in [-0.4, -0.2) is 17.9 Å². The Hall–Kier alpha value is -2.62. The van der Waals surface area contributed by atoms with E-state index >= 15 is 0 Å². The summed E-state index contributed by atoms with van der Waals surface area (Å²) in [5, 5.41) is 0.744. The van der Waals surface area contributed by atoms with E-state index in [1.165, 1.54) is 18.2 Å². The number of halogens is 1. The van der Waals surface area contributed by atoms with Crippen molar-refractivity contribution in [3.63, 3.8) is 0 Å². The first-order chi connectivity index (χ1) is 10.1. The Morgan fingerprint density at radius 2 is 2.00 bits per heavy atom. The zero-order chi connectivity index (χ0) is 15.0. The zero-order valence-electron chi connectivity index (χ0n) is 11.7. The average Bonchev–Trinajstić information content (AvgIpc) is 2.90. The number of nitrogens with one attached hydrogen (secondary N) is 1. The molecule has 0 aliphatic rings. The van der Waals surface area contributed by atoms with E-state index in [4.69, 9.17) is 4.74 Å². The van der Waals surface area contributed by atoms with E-state index in [1.54, 1.807) is 20.2 Å². The van der Waals surface area contributed by atoms with Crippen LogP contribution in [0.5, 0.6) is 5.75 Å². The van der Waals surface area contributed by atoms with Crippen LogP contribution in [0.3, 0.4) is 0 Å². The maximum atomic E-state index is 13.2. The molecule has 0 fully saturated rings. The molecule has 0 saturated carbocycles. The van der Waals surface area contributed by atoms with Crippen molar-refractivity contribution in [3.8, 4) is 5.75 Å². The number of benzene rings is 2. The molecule has 0 bridgehead atoms. The summed E-state index contributed by atoms with van der Waals surface area (Å²) in [7, 11) is 1.57. The quantitative estimate of drug-likeness (QED) is 0.742. The van der Waals surface area contributed by atoms with E-state index in [9.17, 15) is 9.18 Å². The van der Waals surface area contributed by atoms with Crippen LogP contribution >= 0.6 is 0 Å². The second-order valence-corrected chi connectivity index (χ2v) is 4.87. The number of methoxy groups -OCH3 is 1. The summed E-state index contributed by atoms with van der Waals surface area (Å²) < 4.78 is 18.5. The lowest BCUT2D eigenvalue weighted by atomic mass is 9.98. The average molecular weight is 283 g/mol. The first-order valence-electron chi connectivity index (χ1n) is 6.56. The van der Waals surface area contributed by atoms with Crippen LogP contribution in [0.15, 0.2) is 42.6 Å². The minimum atomic E-state index is -0.347. The van der Waals surface area contributed by atoms with Gasteiger partial charge in [0.05, 0.1) is 18.1 Å². The number of aryl methyl sites for hydroxylation is 1. The lowest BCUT2D eigenvalue weighted by molar-refractivity contribution is 0.103. The molecule has 0 spiro atoms. The Labute approximate surface area is 121 Å². The third kappa shape index (κ3) is 2.18. The van der Waals surface area contributed by atoms with Gasteiger partial charge in [0.15, 0.2) is 5.78 Å². The number of rotatable bonds is 3. The molecule has 0 atom stereocenters. The van der Waals surface area contributed by atoms with Crippen LogP contribution in [0, 0.1) is 12.7 Å². The minimum absolute atomic E-state index is 0.150. The standard InChI is InChI=1S/C17H14FNO2/c1-10-8-11(18)6-7-12(10)17(20)13-9-19-14-4-3-5-15(21-2)16(13)14/h3-9,19H,1-2H3. The smallest absolute Gasteiger partial charge is 0.195 e. The summed E-state index contributed by atoms with van der Waals surface area (Å²) in [4.78, 5) is 15.8. The van der Waals surface area contributed by atoms with Crippen LogP contribution in [0.4, 0.5) is 4.39 Å². The Morgan fingerprint density at radius 1 is 1.19 bits per heavy atom. The predicted octanol–water partition coefficient (Wildman–Crippen LogP) is 3.86. The largest absolute Gasteiger partial charge is 0.496 e. The van der Waals surface area contributed by atoms with Gasteiger partial charge in [0, 0.05) is 17.3 Å². The second kappa shape index (κ2) is 5.05. The summed E-state index contributed by atoms with van der Waals surface area (Å²) in [6, 6.07) is 9.72. The number of H-pyrrole nitrogens is 1. The van der Waals surface area contributed by atoms with Crippen LogP contribution in [0.25, 0.3) is 10.9 Å². The molecule has 1 N–H and O–H groups in total. The van der Waals surface area contributed by atoms with Crippen molar-refractivity contribution in [3.05, 3.63) is 65.1 Å². The molecule has 3 nitrogen and oxygen atoms in total. The Kier molecular flexibility index (Phi) is 3.22. The van der Waals surface area contributed by atoms with Crippen LogP contribution in [0.1, 0.15) is 21.5 Å². The number of ether oxygens (including phenoxy) is 1. The monoisotopic (exact) mass is 283 g/mol. The van der Waals surface area contributed by atoms with Crippen molar-refractivity contribution in [2.75, 3.05) is 7.11 Å². The van der Waals surface area contributed by atoms with Gasteiger partial charge in [-0.3, -0.25) is 4.79 Å². The molecule has 1 aromatic heterocycles. The number of aromatic amines is 1. The molecular weight excluding hydrogens is 269 g/mol. The van der Waals surface area contributed by atoms with Crippen LogP contribution < -0.4 is 4.74 Å². The number of carbonyl (C=O) groups is 1. The number of aromatic nitrogens is 1. The van der Waals surface area contributed by atoms with E-state index < -0.39 is 0 Å². The molecule has 106 valence electrons. The Morgan fingerprint density at radius 3 is 2.71 bits per heavy atom. The molecule has 21 heavy (non-hydrogen) atoms. The molecule has 4 heteroatoms. The number of fused-ring (bicyclic) bond motifs is 1. The number of hydrogen-bond acceptors (Lipinski definition) is 2. The maximum Gasteiger partial charge on any atom is 0.195 e. The normalized spacial score (nSPS) is 10.8. The zero-order valence-corrected chi connectivity index (χ0v) is 11.7. The van der Waals surface area contributed by atoms with Gasteiger partial charge in [0.1, 0.15) is 11.6 Å². The van der Waals surface area contributed by atoms with Crippen molar-refractivity contribution in [2.24, 2.45) is 0 Å². The molecule has 3 rings (SSSR count). The van der Waals surface area contributed by atoms with Crippen LogP contribution in [0.2, 0.25) is 0 Å². The van der Waals surface area contributed by atoms with Crippen LogP contribution in [-0.2, 0) is 0 Å². The topological polar surface area (TPSA) is 42.1 Å². The minimum Gasteiger partial charge on any atom is -0.496 e. The van der Waals surface area contributed by atoms with Gasteiger partial charge in [0.2, 0.25) is 0 Å². The SMILES string of the molecule is COc1cccc2[nH]cc(C(=O)c3ccc(F)cc3C)c12. The van der Waals surface area contributed by atoms with E-state index in [1.807, 2.05) is 18.2 Å². The van der Waals surface area contributed by atoms with Gasteiger partial charge >= 0.3 is 0 Å². The molecule has 2 aromatic carbocycles. The molecule has 0 aliphatic heterocycles. The van der Waals surface area contributed by atoms with E-state index in [-0.39, 0.29) is 11.6 Å². The highest BCUT2D eigenvalue weighted by Crippen LogP contribution is 2.30. The fourth-order valence-electron chi connectivity index (χ4n) is 2.53. The summed E-state index contributed by atoms with van der Waals surface area (Å²) in [5.74, 6) is 0.140. The molecule has 0 radical (unpaired) electrons. The molecule has 0 saturated heterocycles. The molecule has 0 amide bonds. The van der Waals surface area contributed by atoms with Gasteiger partial charge < -0.3 is 9.72 Å². The first kappa shape index (κ1) is 13.4. The Balaban J connectivity index is 2.18. The third-order valence-electron chi connectivity index (χ3n) is 3.57. The van der Waals surface area contributed by atoms with Crippen molar-refractivity contribution >= 4 is 16.7 Å².